The summed E-state index contributed by atoms with van der Waals surface area (Å²) in [5.74, 6) is 0.409. The number of phenols is 1. The van der Waals surface area contributed by atoms with Gasteiger partial charge in [-0.1, -0.05) is 42.8 Å². The number of likely N-dealkylation sites (tertiary alicyclic amines) is 1. The third-order valence-corrected chi connectivity index (χ3v) is 4.81. The Morgan fingerprint density at radius 3 is 2.59 bits per heavy atom. The van der Waals surface area contributed by atoms with E-state index in [9.17, 15) is 9.90 Å². The number of nitrogens with zero attached hydrogens (tertiary/aromatic N) is 1. The molecular weight excluding hydrogens is 338 g/mol. The number of carbonyl (C=O) groups excluding carboxylic acids is 1. The average molecular weight is 365 g/mol. The maximum Gasteiger partial charge on any atom is 0.189 e. The van der Waals surface area contributed by atoms with Crippen molar-refractivity contribution in [2.24, 2.45) is 0 Å². The highest BCUT2D eigenvalue weighted by molar-refractivity contribution is 6.08. The van der Waals surface area contributed by atoms with Crippen LogP contribution in [0.25, 0.3) is 6.08 Å². The van der Waals surface area contributed by atoms with E-state index in [1.54, 1.807) is 18.2 Å². The second-order valence-electron chi connectivity index (χ2n) is 6.86. The lowest BCUT2D eigenvalue weighted by Crippen LogP contribution is -2.29. The zero-order chi connectivity index (χ0) is 19.1. The van der Waals surface area contributed by atoms with Crippen molar-refractivity contribution in [1.29, 1.82) is 0 Å². The lowest BCUT2D eigenvalue weighted by molar-refractivity contribution is 0.104. The Bertz CT molecular complexity index is 793. The first kappa shape index (κ1) is 19.2. The second-order valence-corrected chi connectivity index (χ2v) is 6.86. The lowest BCUT2D eigenvalue weighted by atomic mass is 10.0. The molecule has 4 nitrogen and oxygen atoms in total. The minimum atomic E-state index is -0.209. The van der Waals surface area contributed by atoms with E-state index >= 15 is 0 Å². The molecule has 0 atom stereocenters. The highest BCUT2D eigenvalue weighted by Gasteiger charge is 2.18. The standard InChI is InChI=1S/C23H27NO3/c1-2-27-23-16-22(26)20(15-19(23)17-24-13-7-4-8-14-24)21(25)12-11-18-9-5-3-6-10-18/h3,5-6,9-12,15-16,26H,2,4,7-8,13-14,17H2,1H3/b12-11+. The van der Waals surface area contributed by atoms with E-state index in [1.807, 2.05) is 37.3 Å². The Hall–Kier alpha value is -2.59. The van der Waals surface area contributed by atoms with Crippen LogP contribution >= 0.6 is 0 Å². The quantitative estimate of drug-likeness (QED) is 0.572. The third kappa shape index (κ3) is 5.20. The maximum atomic E-state index is 12.7. The van der Waals surface area contributed by atoms with Crippen molar-refractivity contribution < 1.29 is 14.6 Å². The van der Waals surface area contributed by atoms with Gasteiger partial charge in [0.15, 0.2) is 5.78 Å². The largest absolute Gasteiger partial charge is 0.507 e. The van der Waals surface area contributed by atoms with Gasteiger partial charge in [0.05, 0.1) is 12.2 Å². The van der Waals surface area contributed by atoms with Crippen molar-refractivity contribution in [3.63, 3.8) is 0 Å². The molecule has 0 aliphatic carbocycles. The first-order chi connectivity index (χ1) is 13.2. The summed E-state index contributed by atoms with van der Waals surface area (Å²) in [5, 5.41) is 10.4. The summed E-state index contributed by atoms with van der Waals surface area (Å²) in [5.41, 5.74) is 2.22. The summed E-state index contributed by atoms with van der Waals surface area (Å²) in [7, 11) is 0. The molecule has 4 heteroatoms. The number of rotatable bonds is 7. The number of ketones is 1. The summed E-state index contributed by atoms with van der Waals surface area (Å²) in [6.07, 6.45) is 6.96. The fourth-order valence-corrected chi connectivity index (χ4v) is 3.41. The van der Waals surface area contributed by atoms with Crippen LogP contribution in [-0.4, -0.2) is 35.5 Å². The molecule has 1 N–H and O–H groups in total. The van der Waals surface area contributed by atoms with Gasteiger partial charge in [-0.05, 0) is 50.6 Å². The monoisotopic (exact) mass is 365 g/mol. The minimum absolute atomic E-state index is 0.0384. The number of hydrogen-bond donors (Lipinski definition) is 1. The Kier molecular flexibility index (Phi) is 6.66. The van der Waals surface area contributed by atoms with E-state index in [0.29, 0.717) is 17.9 Å². The summed E-state index contributed by atoms with van der Waals surface area (Å²) < 4.78 is 5.71. The van der Waals surface area contributed by atoms with Gasteiger partial charge < -0.3 is 9.84 Å². The molecule has 1 aliphatic rings. The molecule has 0 unspecified atom stereocenters. The molecule has 2 aromatic rings. The molecule has 0 saturated carbocycles. The van der Waals surface area contributed by atoms with E-state index in [2.05, 4.69) is 4.90 Å². The van der Waals surface area contributed by atoms with Crippen molar-refractivity contribution in [3.05, 3.63) is 65.2 Å². The number of ether oxygens (including phenoxy) is 1. The summed E-state index contributed by atoms with van der Waals surface area (Å²) in [6.45, 7) is 5.29. The summed E-state index contributed by atoms with van der Waals surface area (Å²) in [4.78, 5) is 15.0. The number of carbonyl (C=O) groups is 1. The smallest absolute Gasteiger partial charge is 0.189 e. The normalized spacial score (nSPS) is 15.1. The number of aromatic hydroxyl groups is 1. The first-order valence-corrected chi connectivity index (χ1v) is 9.66. The van der Waals surface area contributed by atoms with Gasteiger partial charge in [-0.25, -0.2) is 0 Å². The molecule has 0 bridgehead atoms. The molecule has 27 heavy (non-hydrogen) atoms. The molecule has 2 aromatic carbocycles. The summed E-state index contributed by atoms with van der Waals surface area (Å²) >= 11 is 0. The topological polar surface area (TPSA) is 49.8 Å². The van der Waals surface area contributed by atoms with Crippen molar-refractivity contribution in [1.82, 2.24) is 4.90 Å². The zero-order valence-electron chi connectivity index (χ0n) is 15.9. The van der Waals surface area contributed by atoms with Crippen molar-refractivity contribution in [2.45, 2.75) is 32.7 Å². The number of hydrogen-bond acceptors (Lipinski definition) is 4. The van der Waals surface area contributed by atoms with Crippen LogP contribution in [-0.2, 0) is 6.54 Å². The number of benzene rings is 2. The highest BCUT2D eigenvalue weighted by Crippen LogP contribution is 2.31. The minimum Gasteiger partial charge on any atom is -0.507 e. The van der Waals surface area contributed by atoms with Crippen LogP contribution in [0.1, 0.15) is 47.7 Å². The van der Waals surface area contributed by atoms with Crippen LogP contribution in [0.5, 0.6) is 11.5 Å². The molecule has 0 amide bonds. The van der Waals surface area contributed by atoms with Gasteiger partial charge in [0.25, 0.3) is 0 Å². The van der Waals surface area contributed by atoms with E-state index in [1.165, 1.54) is 25.3 Å². The van der Waals surface area contributed by atoms with Crippen LogP contribution in [0.4, 0.5) is 0 Å². The van der Waals surface area contributed by atoms with Crippen LogP contribution < -0.4 is 4.74 Å². The molecule has 3 rings (SSSR count). The Morgan fingerprint density at radius 2 is 1.89 bits per heavy atom. The zero-order valence-corrected chi connectivity index (χ0v) is 15.9. The van der Waals surface area contributed by atoms with Gasteiger partial charge in [0.1, 0.15) is 11.5 Å². The van der Waals surface area contributed by atoms with Crippen molar-refractivity contribution in [3.8, 4) is 11.5 Å². The Morgan fingerprint density at radius 1 is 1.15 bits per heavy atom. The van der Waals surface area contributed by atoms with Crippen LogP contribution in [0.15, 0.2) is 48.5 Å². The molecule has 1 aliphatic heterocycles. The molecule has 1 saturated heterocycles. The van der Waals surface area contributed by atoms with Gasteiger partial charge in [-0.3, -0.25) is 9.69 Å². The predicted octanol–water partition coefficient (Wildman–Crippen LogP) is 4.67. The number of phenolic OH excluding ortho intramolecular Hbond substituents is 1. The Balaban J connectivity index is 1.84. The second kappa shape index (κ2) is 9.38. The van der Waals surface area contributed by atoms with E-state index in [0.717, 1.165) is 30.8 Å². The molecular formula is C23H27NO3. The van der Waals surface area contributed by atoms with Gasteiger partial charge in [-0.15, -0.1) is 0 Å². The van der Waals surface area contributed by atoms with Gasteiger partial charge in [0.2, 0.25) is 0 Å². The van der Waals surface area contributed by atoms with Gasteiger partial charge in [-0.2, -0.15) is 0 Å². The van der Waals surface area contributed by atoms with Crippen LogP contribution in [0.3, 0.4) is 0 Å². The molecule has 142 valence electrons. The molecule has 0 aromatic heterocycles. The number of allylic oxidation sites excluding steroid dienone is 1. The SMILES string of the molecule is CCOc1cc(O)c(C(=O)/C=C/c2ccccc2)cc1CN1CCCCC1. The Labute approximate surface area is 161 Å². The van der Waals surface area contributed by atoms with Crippen molar-refractivity contribution in [2.75, 3.05) is 19.7 Å². The molecule has 1 heterocycles. The third-order valence-electron chi connectivity index (χ3n) is 4.81. The van der Waals surface area contributed by atoms with E-state index < -0.39 is 0 Å². The van der Waals surface area contributed by atoms with Crippen LogP contribution in [0, 0.1) is 0 Å². The highest BCUT2D eigenvalue weighted by atomic mass is 16.5. The predicted molar refractivity (Wildman–Crippen MR) is 108 cm³/mol. The van der Waals surface area contributed by atoms with Crippen molar-refractivity contribution >= 4 is 11.9 Å². The maximum absolute atomic E-state index is 12.7. The fraction of sp³-hybridized carbons (Fsp3) is 0.348. The molecule has 1 fully saturated rings. The average Bonchev–Trinajstić information content (AvgIpc) is 2.70. The fourth-order valence-electron chi connectivity index (χ4n) is 3.41. The molecule has 0 radical (unpaired) electrons. The van der Waals surface area contributed by atoms with Crippen LogP contribution in [0.2, 0.25) is 0 Å². The lowest BCUT2D eigenvalue weighted by Gasteiger charge is -2.27. The van der Waals surface area contributed by atoms with E-state index in [-0.39, 0.29) is 11.5 Å². The van der Waals surface area contributed by atoms with Gasteiger partial charge >= 0.3 is 0 Å². The molecule has 0 spiro atoms. The van der Waals surface area contributed by atoms with E-state index in [4.69, 9.17) is 4.74 Å². The first-order valence-electron chi connectivity index (χ1n) is 9.66. The summed E-state index contributed by atoms with van der Waals surface area (Å²) in [6, 6.07) is 13.0. The van der Waals surface area contributed by atoms with Gasteiger partial charge in [0, 0.05) is 18.2 Å². The number of piperidine rings is 1.